The maximum absolute atomic E-state index is 11.7. The molecule has 17 heavy (non-hydrogen) atoms. The molecule has 0 aliphatic heterocycles. The fraction of sp³-hybridized carbons (Fsp3) is 0.545. The summed E-state index contributed by atoms with van der Waals surface area (Å²) < 4.78 is 39.7. The average Bonchev–Trinajstić information content (AvgIpc) is 2.24. The quantitative estimate of drug-likeness (QED) is 0.787. The van der Waals surface area contributed by atoms with Gasteiger partial charge in [-0.1, -0.05) is 0 Å². The third-order valence-electron chi connectivity index (χ3n) is 2.19. The molecule has 3 nitrogen and oxygen atoms in total. The van der Waals surface area contributed by atoms with Gasteiger partial charge in [-0.15, -0.1) is 0 Å². The molecule has 1 heterocycles. The summed E-state index contributed by atoms with van der Waals surface area (Å²) >= 11 is 0. The number of ether oxygens (including phenoxy) is 1. The number of pyridine rings is 1. The number of nitrogens with zero attached hydrogens (tertiary/aromatic N) is 1. The molecule has 0 bridgehead atoms. The minimum Gasteiger partial charge on any atom is -0.398 e. The molecule has 1 aromatic heterocycles. The van der Waals surface area contributed by atoms with Crippen LogP contribution in [0.2, 0.25) is 0 Å². The maximum Gasteiger partial charge on any atom is 0.411 e. The van der Waals surface area contributed by atoms with E-state index < -0.39 is 12.8 Å². The summed E-state index contributed by atoms with van der Waals surface area (Å²) in [7, 11) is 0. The highest BCUT2D eigenvalue weighted by molar-refractivity contribution is 5.44. The van der Waals surface area contributed by atoms with Gasteiger partial charge in [-0.2, -0.15) is 13.2 Å². The van der Waals surface area contributed by atoms with E-state index >= 15 is 0 Å². The van der Waals surface area contributed by atoms with E-state index in [2.05, 4.69) is 9.72 Å². The molecule has 0 unspecified atom stereocenters. The fourth-order valence-corrected chi connectivity index (χ4v) is 1.35. The molecule has 96 valence electrons. The lowest BCUT2D eigenvalue weighted by atomic mass is 10.1. The molecular weight excluding hydrogens is 233 g/mol. The molecule has 0 aliphatic rings. The first-order chi connectivity index (χ1) is 7.99. The predicted molar refractivity (Wildman–Crippen MR) is 58.5 cm³/mol. The zero-order chi connectivity index (χ0) is 12.7. The van der Waals surface area contributed by atoms with Gasteiger partial charge in [-0.25, -0.2) is 0 Å². The van der Waals surface area contributed by atoms with E-state index in [0.717, 1.165) is 12.0 Å². The normalized spacial score (nSPS) is 11.7. The zero-order valence-electron chi connectivity index (χ0n) is 9.33. The molecule has 0 radical (unpaired) electrons. The van der Waals surface area contributed by atoms with Gasteiger partial charge in [0.2, 0.25) is 0 Å². The molecular formula is C11H15F3N2O. The van der Waals surface area contributed by atoms with E-state index in [1.807, 2.05) is 0 Å². The maximum atomic E-state index is 11.7. The molecule has 6 heteroatoms. The van der Waals surface area contributed by atoms with Crippen LogP contribution in [0.25, 0.3) is 0 Å². The van der Waals surface area contributed by atoms with E-state index in [1.165, 1.54) is 0 Å². The second kappa shape index (κ2) is 6.44. The molecule has 0 aromatic carbocycles. The van der Waals surface area contributed by atoms with Crippen LogP contribution in [0, 0.1) is 0 Å². The number of aromatic nitrogens is 1. The van der Waals surface area contributed by atoms with Gasteiger partial charge >= 0.3 is 6.18 Å². The minimum absolute atomic E-state index is 0.111. The fourth-order valence-electron chi connectivity index (χ4n) is 1.35. The van der Waals surface area contributed by atoms with Crippen LogP contribution in [0.3, 0.4) is 0 Å². The predicted octanol–water partition coefficient (Wildman–Crippen LogP) is 2.57. The Morgan fingerprint density at radius 3 is 2.71 bits per heavy atom. The first kappa shape index (κ1) is 13.8. The third-order valence-corrected chi connectivity index (χ3v) is 2.19. The van der Waals surface area contributed by atoms with Gasteiger partial charge < -0.3 is 10.5 Å². The van der Waals surface area contributed by atoms with Crippen molar-refractivity contribution in [3.8, 4) is 0 Å². The lowest BCUT2D eigenvalue weighted by molar-refractivity contribution is -0.174. The topological polar surface area (TPSA) is 48.1 Å². The molecule has 0 saturated heterocycles. The number of aryl methyl sites for hydroxylation is 1. The van der Waals surface area contributed by atoms with Gasteiger partial charge in [-0.3, -0.25) is 4.98 Å². The van der Waals surface area contributed by atoms with Gasteiger partial charge in [0.1, 0.15) is 6.61 Å². The van der Waals surface area contributed by atoms with Crippen LogP contribution in [0.15, 0.2) is 18.5 Å². The molecule has 0 spiro atoms. The summed E-state index contributed by atoms with van der Waals surface area (Å²) in [5.74, 6) is 0. The van der Waals surface area contributed by atoms with E-state index in [4.69, 9.17) is 5.73 Å². The Kier molecular flexibility index (Phi) is 5.21. The number of alkyl halides is 3. The molecule has 1 rings (SSSR count). The van der Waals surface area contributed by atoms with Crippen LogP contribution < -0.4 is 5.73 Å². The first-order valence-electron chi connectivity index (χ1n) is 5.32. The number of halogens is 3. The Hall–Kier alpha value is -1.30. The third kappa shape index (κ3) is 6.11. The van der Waals surface area contributed by atoms with Crippen LogP contribution in [-0.4, -0.2) is 24.4 Å². The highest BCUT2D eigenvalue weighted by Gasteiger charge is 2.27. The van der Waals surface area contributed by atoms with Crippen molar-refractivity contribution in [2.24, 2.45) is 0 Å². The Balaban J connectivity index is 2.11. The van der Waals surface area contributed by atoms with Gasteiger partial charge in [0.05, 0.1) is 0 Å². The number of hydrogen-bond acceptors (Lipinski definition) is 3. The standard InChI is InChI=1S/C11H15F3N2O/c12-11(13,14)8-17-6-2-1-3-9-7-16-5-4-10(9)15/h4-5,7H,1-3,6,8H2,(H2,15,16). The van der Waals surface area contributed by atoms with E-state index in [1.54, 1.807) is 18.5 Å². The summed E-state index contributed by atoms with van der Waals surface area (Å²) in [5, 5.41) is 0. The van der Waals surface area contributed by atoms with Crippen molar-refractivity contribution in [1.82, 2.24) is 4.98 Å². The van der Waals surface area contributed by atoms with Crippen molar-refractivity contribution in [3.05, 3.63) is 24.0 Å². The molecule has 0 aliphatic carbocycles. The summed E-state index contributed by atoms with van der Waals surface area (Å²) in [5.41, 5.74) is 7.28. The summed E-state index contributed by atoms with van der Waals surface area (Å²) in [4.78, 5) is 3.93. The number of nitrogens with two attached hydrogens (primary N) is 1. The minimum atomic E-state index is -4.24. The van der Waals surface area contributed by atoms with Gasteiger partial charge in [0.15, 0.2) is 0 Å². The van der Waals surface area contributed by atoms with Crippen LogP contribution >= 0.6 is 0 Å². The van der Waals surface area contributed by atoms with Gasteiger partial charge in [0.25, 0.3) is 0 Å². The van der Waals surface area contributed by atoms with Crippen molar-refractivity contribution >= 4 is 5.69 Å². The first-order valence-corrected chi connectivity index (χ1v) is 5.32. The van der Waals surface area contributed by atoms with Crippen molar-refractivity contribution in [2.45, 2.75) is 25.4 Å². The number of nitrogen functional groups attached to an aromatic ring is 1. The molecule has 0 atom stereocenters. The summed E-state index contributed by atoms with van der Waals surface area (Å²) in [6.07, 6.45) is 1.04. The monoisotopic (exact) mass is 248 g/mol. The molecule has 2 N–H and O–H groups in total. The van der Waals surface area contributed by atoms with Gasteiger partial charge in [-0.05, 0) is 30.9 Å². The smallest absolute Gasteiger partial charge is 0.398 e. The van der Waals surface area contributed by atoms with Crippen molar-refractivity contribution in [1.29, 1.82) is 0 Å². The second-order valence-corrected chi connectivity index (χ2v) is 3.70. The van der Waals surface area contributed by atoms with Crippen molar-refractivity contribution in [2.75, 3.05) is 18.9 Å². The number of hydrogen-bond donors (Lipinski definition) is 1. The Morgan fingerprint density at radius 1 is 1.29 bits per heavy atom. The van der Waals surface area contributed by atoms with E-state index in [9.17, 15) is 13.2 Å². The van der Waals surface area contributed by atoms with E-state index in [0.29, 0.717) is 18.5 Å². The number of unbranched alkanes of at least 4 members (excludes halogenated alkanes) is 1. The Bertz CT molecular complexity index is 342. The molecule has 0 saturated carbocycles. The molecule has 0 fully saturated rings. The lowest BCUT2D eigenvalue weighted by Crippen LogP contribution is -2.17. The zero-order valence-corrected chi connectivity index (χ0v) is 9.33. The van der Waals surface area contributed by atoms with Gasteiger partial charge in [0, 0.05) is 24.7 Å². The van der Waals surface area contributed by atoms with Crippen LogP contribution in [-0.2, 0) is 11.2 Å². The SMILES string of the molecule is Nc1ccncc1CCCCOCC(F)(F)F. The van der Waals surface area contributed by atoms with Crippen LogP contribution in [0.5, 0.6) is 0 Å². The largest absolute Gasteiger partial charge is 0.411 e. The molecule has 1 aromatic rings. The van der Waals surface area contributed by atoms with E-state index in [-0.39, 0.29) is 6.61 Å². The average molecular weight is 248 g/mol. The van der Waals surface area contributed by atoms with Crippen LogP contribution in [0.1, 0.15) is 18.4 Å². The lowest BCUT2D eigenvalue weighted by Gasteiger charge is -2.07. The van der Waals surface area contributed by atoms with Crippen molar-refractivity contribution in [3.63, 3.8) is 0 Å². The van der Waals surface area contributed by atoms with Crippen LogP contribution in [0.4, 0.5) is 18.9 Å². The molecule has 0 amide bonds. The highest BCUT2D eigenvalue weighted by atomic mass is 19.4. The highest BCUT2D eigenvalue weighted by Crippen LogP contribution is 2.15. The Morgan fingerprint density at radius 2 is 2.06 bits per heavy atom. The van der Waals surface area contributed by atoms with Crippen molar-refractivity contribution < 1.29 is 17.9 Å². The Labute approximate surface area is 97.8 Å². The summed E-state index contributed by atoms with van der Waals surface area (Å²) in [6, 6.07) is 1.70. The number of anilines is 1. The second-order valence-electron chi connectivity index (χ2n) is 3.70. The number of rotatable bonds is 6. The summed E-state index contributed by atoms with van der Waals surface area (Å²) in [6.45, 7) is -1.07.